The van der Waals surface area contributed by atoms with Crippen LogP contribution in [0.5, 0.6) is 5.75 Å². The van der Waals surface area contributed by atoms with Crippen LogP contribution in [0.2, 0.25) is 0 Å². The van der Waals surface area contributed by atoms with E-state index in [0.717, 1.165) is 25.3 Å². The molecule has 0 bridgehead atoms. The number of piperidine rings is 1. The van der Waals surface area contributed by atoms with Gasteiger partial charge in [-0.15, -0.1) is 0 Å². The monoisotopic (exact) mass is 338 g/mol. The highest BCUT2D eigenvalue weighted by Crippen LogP contribution is 2.31. The van der Waals surface area contributed by atoms with Crippen LogP contribution in [0.4, 0.5) is 0 Å². The maximum atomic E-state index is 6.48. The SMILES string of the molecule is CC(C)CN1CCCC(N)C1c1ccc(OCc2ccccc2)cc1. The molecule has 25 heavy (non-hydrogen) atoms. The molecule has 0 spiro atoms. The Labute approximate surface area is 151 Å². The van der Waals surface area contributed by atoms with Gasteiger partial charge >= 0.3 is 0 Å². The molecule has 0 aromatic heterocycles. The van der Waals surface area contributed by atoms with Crippen molar-refractivity contribution < 1.29 is 4.74 Å². The molecule has 2 atom stereocenters. The topological polar surface area (TPSA) is 38.5 Å². The average Bonchev–Trinajstić information content (AvgIpc) is 2.61. The number of ether oxygens (including phenoxy) is 1. The zero-order valence-corrected chi connectivity index (χ0v) is 15.4. The minimum atomic E-state index is 0.212. The molecule has 2 unspecified atom stereocenters. The number of likely N-dealkylation sites (tertiary alicyclic amines) is 1. The summed E-state index contributed by atoms with van der Waals surface area (Å²) in [5, 5.41) is 0. The van der Waals surface area contributed by atoms with Crippen molar-refractivity contribution in [1.82, 2.24) is 4.90 Å². The number of rotatable bonds is 6. The Balaban J connectivity index is 1.67. The maximum Gasteiger partial charge on any atom is 0.119 e. The number of nitrogens with zero attached hydrogens (tertiary/aromatic N) is 1. The molecular formula is C22H30N2O. The second kappa shape index (κ2) is 8.50. The van der Waals surface area contributed by atoms with Crippen molar-refractivity contribution >= 4 is 0 Å². The summed E-state index contributed by atoms with van der Waals surface area (Å²) in [7, 11) is 0. The molecule has 3 nitrogen and oxygen atoms in total. The lowest BCUT2D eigenvalue weighted by molar-refractivity contribution is 0.114. The summed E-state index contributed by atoms with van der Waals surface area (Å²) in [5.41, 5.74) is 8.97. The van der Waals surface area contributed by atoms with Gasteiger partial charge in [0, 0.05) is 18.6 Å². The summed E-state index contributed by atoms with van der Waals surface area (Å²) in [5.74, 6) is 1.56. The molecule has 0 aliphatic carbocycles. The average molecular weight is 338 g/mol. The predicted octanol–water partition coefficient (Wildman–Crippen LogP) is 4.39. The molecule has 0 amide bonds. The summed E-state index contributed by atoms with van der Waals surface area (Å²) < 4.78 is 5.91. The maximum absolute atomic E-state index is 6.48. The molecule has 3 heteroatoms. The molecule has 1 aliphatic rings. The van der Waals surface area contributed by atoms with Crippen molar-refractivity contribution in [3.8, 4) is 5.75 Å². The van der Waals surface area contributed by atoms with Crippen LogP contribution < -0.4 is 10.5 Å². The van der Waals surface area contributed by atoms with Gasteiger partial charge in [0.2, 0.25) is 0 Å². The molecule has 2 aromatic rings. The van der Waals surface area contributed by atoms with E-state index in [1.165, 1.54) is 17.5 Å². The van der Waals surface area contributed by atoms with Crippen molar-refractivity contribution in [2.75, 3.05) is 13.1 Å². The van der Waals surface area contributed by atoms with Gasteiger partial charge < -0.3 is 10.5 Å². The van der Waals surface area contributed by atoms with E-state index in [1.807, 2.05) is 18.2 Å². The Morgan fingerprint density at radius 1 is 1.08 bits per heavy atom. The van der Waals surface area contributed by atoms with Crippen LogP contribution in [0.1, 0.15) is 43.9 Å². The quantitative estimate of drug-likeness (QED) is 0.849. The normalized spacial score (nSPS) is 21.4. The van der Waals surface area contributed by atoms with Gasteiger partial charge in [0.05, 0.1) is 0 Å². The van der Waals surface area contributed by atoms with Gasteiger partial charge in [-0.3, -0.25) is 4.90 Å². The van der Waals surface area contributed by atoms with Crippen LogP contribution in [-0.4, -0.2) is 24.0 Å². The Morgan fingerprint density at radius 3 is 2.48 bits per heavy atom. The molecule has 134 valence electrons. The zero-order chi connectivity index (χ0) is 17.6. The fourth-order valence-corrected chi connectivity index (χ4v) is 3.73. The molecule has 0 radical (unpaired) electrons. The third-order valence-corrected chi connectivity index (χ3v) is 4.85. The van der Waals surface area contributed by atoms with Crippen molar-refractivity contribution in [3.63, 3.8) is 0 Å². The standard InChI is InChI=1S/C22H30N2O/c1-17(2)15-24-14-6-9-21(23)22(24)19-10-12-20(13-11-19)25-16-18-7-4-3-5-8-18/h3-5,7-8,10-13,17,21-22H,6,9,14-16,23H2,1-2H3. The number of hydrogen-bond acceptors (Lipinski definition) is 3. The predicted molar refractivity (Wildman–Crippen MR) is 104 cm³/mol. The van der Waals surface area contributed by atoms with Crippen LogP contribution in [0.25, 0.3) is 0 Å². The number of hydrogen-bond donors (Lipinski definition) is 1. The van der Waals surface area contributed by atoms with E-state index < -0.39 is 0 Å². The summed E-state index contributed by atoms with van der Waals surface area (Å²) in [6.45, 7) is 7.39. The smallest absolute Gasteiger partial charge is 0.119 e. The third-order valence-electron chi connectivity index (χ3n) is 4.85. The van der Waals surface area contributed by atoms with Gasteiger partial charge in [0.25, 0.3) is 0 Å². The first-order valence-corrected chi connectivity index (χ1v) is 9.40. The van der Waals surface area contributed by atoms with Crippen LogP contribution >= 0.6 is 0 Å². The molecule has 1 heterocycles. The second-order valence-corrected chi connectivity index (χ2v) is 7.48. The van der Waals surface area contributed by atoms with Crippen LogP contribution in [0.15, 0.2) is 54.6 Å². The molecule has 2 aromatic carbocycles. The lowest BCUT2D eigenvalue weighted by atomic mass is 9.90. The van der Waals surface area contributed by atoms with Gasteiger partial charge in [-0.05, 0) is 48.6 Å². The third kappa shape index (κ3) is 4.83. The highest BCUT2D eigenvalue weighted by Gasteiger charge is 2.30. The van der Waals surface area contributed by atoms with Crippen molar-refractivity contribution in [2.24, 2.45) is 11.7 Å². The lowest BCUT2D eigenvalue weighted by Gasteiger charge is -2.41. The number of benzene rings is 2. The van der Waals surface area contributed by atoms with Crippen LogP contribution in [0, 0.1) is 5.92 Å². The molecule has 0 saturated carbocycles. The van der Waals surface area contributed by atoms with Crippen molar-refractivity contribution in [3.05, 3.63) is 65.7 Å². The lowest BCUT2D eigenvalue weighted by Crippen LogP contribution is -2.47. The number of nitrogens with two attached hydrogens (primary N) is 1. The first kappa shape index (κ1) is 18.0. The fraction of sp³-hybridized carbons (Fsp3) is 0.455. The second-order valence-electron chi connectivity index (χ2n) is 7.48. The molecule has 1 fully saturated rings. The first-order chi connectivity index (χ1) is 12.1. The summed E-state index contributed by atoms with van der Waals surface area (Å²) in [4.78, 5) is 2.55. The van der Waals surface area contributed by atoms with Gasteiger partial charge in [0.1, 0.15) is 12.4 Å². The van der Waals surface area contributed by atoms with E-state index in [9.17, 15) is 0 Å². The first-order valence-electron chi connectivity index (χ1n) is 9.40. The van der Waals surface area contributed by atoms with E-state index in [2.05, 4.69) is 55.1 Å². The Hall–Kier alpha value is -1.84. The minimum Gasteiger partial charge on any atom is -0.489 e. The van der Waals surface area contributed by atoms with E-state index in [1.54, 1.807) is 0 Å². The van der Waals surface area contributed by atoms with E-state index in [4.69, 9.17) is 10.5 Å². The highest BCUT2D eigenvalue weighted by atomic mass is 16.5. The van der Waals surface area contributed by atoms with Gasteiger partial charge in [-0.1, -0.05) is 56.3 Å². The van der Waals surface area contributed by atoms with Gasteiger partial charge in [-0.2, -0.15) is 0 Å². The molecule has 1 aliphatic heterocycles. The summed E-state index contributed by atoms with van der Waals surface area (Å²) in [6, 6.07) is 19.3. The zero-order valence-electron chi connectivity index (χ0n) is 15.4. The minimum absolute atomic E-state index is 0.212. The van der Waals surface area contributed by atoms with Gasteiger partial charge in [-0.25, -0.2) is 0 Å². The van der Waals surface area contributed by atoms with Crippen LogP contribution in [0.3, 0.4) is 0 Å². The van der Waals surface area contributed by atoms with E-state index in [-0.39, 0.29) is 6.04 Å². The highest BCUT2D eigenvalue weighted by molar-refractivity contribution is 5.31. The molecule has 2 N–H and O–H groups in total. The Kier molecular flexibility index (Phi) is 6.11. The van der Waals surface area contributed by atoms with Crippen molar-refractivity contribution in [1.29, 1.82) is 0 Å². The molecule has 1 saturated heterocycles. The Bertz CT molecular complexity index is 639. The van der Waals surface area contributed by atoms with Crippen LogP contribution in [-0.2, 0) is 6.61 Å². The molecule has 3 rings (SSSR count). The van der Waals surface area contributed by atoms with E-state index >= 15 is 0 Å². The van der Waals surface area contributed by atoms with Gasteiger partial charge in [0.15, 0.2) is 0 Å². The molecular weight excluding hydrogens is 308 g/mol. The Morgan fingerprint density at radius 2 is 1.80 bits per heavy atom. The van der Waals surface area contributed by atoms with E-state index in [0.29, 0.717) is 18.6 Å². The van der Waals surface area contributed by atoms with Crippen molar-refractivity contribution in [2.45, 2.75) is 45.4 Å². The largest absolute Gasteiger partial charge is 0.489 e. The summed E-state index contributed by atoms with van der Waals surface area (Å²) >= 11 is 0. The fourth-order valence-electron chi connectivity index (χ4n) is 3.73. The summed E-state index contributed by atoms with van der Waals surface area (Å²) in [6.07, 6.45) is 2.30.